The van der Waals surface area contributed by atoms with Crippen LogP contribution in [0.3, 0.4) is 0 Å². The van der Waals surface area contributed by atoms with Gasteiger partial charge in [0.2, 0.25) is 0 Å². The van der Waals surface area contributed by atoms with Crippen molar-refractivity contribution in [1.29, 1.82) is 0 Å². The largest absolute Gasteiger partial charge is 0.357 e. The van der Waals surface area contributed by atoms with E-state index in [1.165, 1.54) is 41.4 Å². The third-order valence-electron chi connectivity index (χ3n) is 6.36. The van der Waals surface area contributed by atoms with Gasteiger partial charge < -0.3 is 10.3 Å². The van der Waals surface area contributed by atoms with Crippen LogP contribution in [0.5, 0.6) is 0 Å². The van der Waals surface area contributed by atoms with E-state index in [2.05, 4.69) is 61.1 Å². The lowest BCUT2D eigenvalue weighted by Gasteiger charge is -2.25. The SMILES string of the molecule is c1cc(-c2cn(Cc3ccc4cc(CNCC5CCC5)[nH]c4c3)nn2)c2cn[nH]c2c1. The van der Waals surface area contributed by atoms with Crippen molar-refractivity contribution in [1.82, 2.24) is 35.5 Å². The molecule has 1 aliphatic rings. The van der Waals surface area contributed by atoms with Crippen molar-refractivity contribution in [2.45, 2.75) is 32.4 Å². The highest BCUT2D eigenvalue weighted by atomic mass is 15.4. The molecule has 0 amide bonds. The predicted molar refractivity (Wildman–Crippen MR) is 122 cm³/mol. The Kier molecular flexibility index (Phi) is 4.53. The molecule has 3 heterocycles. The van der Waals surface area contributed by atoms with E-state index in [1.54, 1.807) is 0 Å². The summed E-state index contributed by atoms with van der Waals surface area (Å²) in [6.45, 7) is 2.70. The van der Waals surface area contributed by atoms with Crippen molar-refractivity contribution in [2.75, 3.05) is 6.54 Å². The van der Waals surface area contributed by atoms with Crippen molar-refractivity contribution < 1.29 is 0 Å². The summed E-state index contributed by atoms with van der Waals surface area (Å²) in [5.41, 5.74) is 6.50. The van der Waals surface area contributed by atoms with Crippen molar-refractivity contribution >= 4 is 21.8 Å². The molecular weight excluding hydrogens is 386 g/mol. The lowest BCUT2D eigenvalue weighted by Crippen LogP contribution is -2.26. The minimum absolute atomic E-state index is 0.679. The first-order chi connectivity index (χ1) is 15.3. The van der Waals surface area contributed by atoms with Gasteiger partial charge in [-0.25, -0.2) is 4.68 Å². The number of H-pyrrole nitrogens is 2. The van der Waals surface area contributed by atoms with Crippen LogP contribution in [-0.4, -0.2) is 36.7 Å². The molecule has 2 aromatic carbocycles. The van der Waals surface area contributed by atoms with E-state index in [9.17, 15) is 0 Å². The molecule has 0 radical (unpaired) electrons. The van der Waals surface area contributed by atoms with Gasteiger partial charge in [-0.3, -0.25) is 5.10 Å². The molecule has 0 spiro atoms. The van der Waals surface area contributed by atoms with Gasteiger partial charge in [0.15, 0.2) is 0 Å². The van der Waals surface area contributed by atoms with E-state index in [-0.39, 0.29) is 0 Å². The Hall–Kier alpha value is -3.45. The van der Waals surface area contributed by atoms with Crippen molar-refractivity contribution in [2.24, 2.45) is 5.92 Å². The molecule has 156 valence electrons. The molecule has 7 heteroatoms. The first kappa shape index (κ1) is 18.3. The van der Waals surface area contributed by atoms with Gasteiger partial charge in [0.25, 0.3) is 0 Å². The Bertz CT molecular complexity index is 1340. The van der Waals surface area contributed by atoms with E-state index < -0.39 is 0 Å². The maximum Gasteiger partial charge on any atom is 0.113 e. The summed E-state index contributed by atoms with van der Waals surface area (Å²) >= 11 is 0. The number of nitrogens with zero attached hydrogens (tertiary/aromatic N) is 4. The first-order valence-corrected chi connectivity index (χ1v) is 11.0. The van der Waals surface area contributed by atoms with Crippen molar-refractivity contribution in [3.05, 3.63) is 66.1 Å². The molecule has 0 saturated heterocycles. The first-order valence-electron chi connectivity index (χ1n) is 11.0. The average molecular weight is 412 g/mol. The zero-order chi connectivity index (χ0) is 20.6. The van der Waals surface area contributed by atoms with Gasteiger partial charge in [-0.2, -0.15) is 5.10 Å². The lowest BCUT2D eigenvalue weighted by atomic mass is 9.85. The molecule has 1 fully saturated rings. The van der Waals surface area contributed by atoms with Gasteiger partial charge >= 0.3 is 0 Å². The van der Waals surface area contributed by atoms with Gasteiger partial charge in [-0.1, -0.05) is 35.9 Å². The summed E-state index contributed by atoms with van der Waals surface area (Å²) < 4.78 is 1.89. The number of hydrogen-bond acceptors (Lipinski definition) is 4. The lowest BCUT2D eigenvalue weighted by molar-refractivity contribution is 0.301. The Morgan fingerprint density at radius 2 is 2.06 bits per heavy atom. The van der Waals surface area contributed by atoms with Crippen molar-refractivity contribution in [3.8, 4) is 11.3 Å². The standard InChI is InChI=1S/C24H25N7/c1-3-16(4-1)11-25-12-19-10-18-8-7-17(9-23(18)27-19)14-31-15-24(29-30-31)20-5-2-6-22-21(20)13-26-28-22/h2,5-10,13,15-16,25,27H,1,3-4,11-12,14H2,(H,26,28). The maximum atomic E-state index is 4.39. The number of aromatic amines is 2. The van der Waals surface area contributed by atoms with E-state index in [1.807, 2.05) is 29.2 Å². The van der Waals surface area contributed by atoms with Crippen LogP contribution >= 0.6 is 0 Å². The zero-order valence-electron chi connectivity index (χ0n) is 17.3. The van der Waals surface area contributed by atoms with Crippen LogP contribution in [0.2, 0.25) is 0 Å². The van der Waals surface area contributed by atoms with E-state index in [0.717, 1.165) is 41.2 Å². The molecule has 1 aliphatic carbocycles. The van der Waals surface area contributed by atoms with Crippen LogP contribution in [0, 0.1) is 5.92 Å². The van der Waals surface area contributed by atoms with Crippen LogP contribution in [0.25, 0.3) is 33.1 Å². The van der Waals surface area contributed by atoms with Crippen LogP contribution in [0.4, 0.5) is 0 Å². The van der Waals surface area contributed by atoms with Crippen LogP contribution in [0.15, 0.2) is 54.9 Å². The number of fused-ring (bicyclic) bond motifs is 2. The summed E-state index contributed by atoms with van der Waals surface area (Å²) in [4.78, 5) is 3.56. The Labute approximate surface area is 179 Å². The Balaban J connectivity index is 1.17. The second kappa shape index (κ2) is 7.67. The summed E-state index contributed by atoms with van der Waals surface area (Å²) in [5.74, 6) is 0.879. The number of nitrogens with one attached hydrogen (secondary N) is 3. The van der Waals surface area contributed by atoms with Gasteiger partial charge in [0, 0.05) is 28.7 Å². The summed E-state index contributed by atoms with van der Waals surface area (Å²) in [7, 11) is 0. The molecular formula is C24H25N7. The molecule has 0 bridgehead atoms. The molecule has 3 N–H and O–H groups in total. The second-order valence-corrected chi connectivity index (χ2v) is 8.58. The van der Waals surface area contributed by atoms with Gasteiger partial charge in [0.1, 0.15) is 5.69 Å². The summed E-state index contributed by atoms with van der Waals surface area (Å²) in [6, 6.07) is 14.9. The third-order valence-corrected chi connectivity index (χ3v) is 6.36. The number of hydrogen-bond donors (Lipinski definition) is 3. The molecule has 0 atom stereocenters. The molecule has 7 nitrogen and oxygen atoms in total. The molecule has 31 heavy (non-hydrogen) atoms. The molecule has 3 aromatic heterocycles. The molecule has 0 unspecified atom stereocenters. The smallest absolute Gasteiger partial charge is 0.113 e. The van der Waals surface area contributed by atoms with Crippen LogP contribution in [-0.2, 0) is 13.1 Å². The number of aromatic nitrogens is 6. The highest BCUT2D eigenvalue weighted by Crippen LogP contribution is 2.26. The topological polar surface area (TPSA) is 87.2 Å². The van der Waals surface area contributed by atoms with Gasteiger partial charge in [0.05, 0.1) is 24.5 Å². The van der Waals surface area contributed by atoms with E-state index >= 15 is 0 Å². The average Bonchev–Trinajstić information content (AvgIpc) is 3.48. The summed E-state index contributed by atoms with van der Waals surface area (Å²) in [6.07, 6.45) is 7.99. The van der Waals surface area contributed by atoms with Crippen LogP contribution < -0.4 is 5.32 Å². The fourth-order valence-corrected chi connectivity index (χ4v) is 4.41. The highest BCUT2D eigenvalue weighted by Gasteiger charge is 2.16. The monoisotopic (exact) mass is 411 g/mol. The molecule has 6 rings (SSSR count). The quantitative estimate of drug-likeness (QED) is 0.374. The van der Waals surface area contributed by atoms with E-state index in [0.29, 0.717) is 6.54 Å². The Morgan fingerprint density at radius 3 is 2.97 bits per heavy atom. The molecule has 1 saturated carbocycles. The molecule has 0 aliphatic heterocycles. The van der Waals surface area contributed by atoms with Crippen LogP contribution in [0.1, 0.15) is 30.5 Å². The normalized spacial score (nSPS) is 14.5. The minimum atomic E-state index is 0.679. The summed E-state index contributed by atoms with van der Waals surface area (Å²) in [5, 5.41) is 21.8. The van der Waals surface area contributed by atoms with E-state index in [4.69, 9.17) is 0 Å². The minimum Gasteiger partial charge on any atom is -0.357 e. The second-order valence-electron chi connectivity index (χ2n) is 8.58. The zero-order valence-corrected chi connectivity index (χ0v) is 17.3. The van der Waals surface area contributed by atoms with Gasteiger partial charge in [-0.15, -0.1) is 5.10 Å². The fourth-order valence-electron chi connectivity index (χ4n) is 4.41. The van der Waals surface area contributed by atoms with Crippen molar-refractivity contribution in [3.63, 3.8) is 0 Å². The number of benzene rings is 2. The van der Waals surface area contributed by atoms with Gasteiger partial charge in [-0.05, 0) is 54.5 Å². The maximum absolute atomic E-state index is 4.39. The fraction of sp³-hybridized carbons (Fsp3) is 0.292. The number of rotatable bonds is 7. The third kappa shape index (κ3) is 3.61. The Morgan fingerprint density at radius 1 is 1.10 bits per heavy atom. The highest BCUT2D eigenvalue weighted by molar-refractivity contribution is 5.93. The molecule has 5 aromatic rings. The predicted octanol–water partition coefficient (Wildman–Crippen LogP) is 4.24.